The third kappa shape index (κ3) is 32.6. The van der Waals surface area contributed by atoms with E-state index in [1.54, 1.807) is 42.7 Å². The summed E-state index contributed by atoms with van der Waals surface area (Å²) < 4.78 is 169. The van der Waals surface area contributed by atoms with E-state index in [4.69, 9.17) is 133 Å². The van der Waals surface area contributed by atoms with E-state index in [-0.39, 0.29) is 92.5 Å². The predicted molar refractivity (Wildman–Crippen MR) is 444 cm³/mol. The highest BCUT2D eigenvalue weighted by atomic mass is 16.6. The second-order valence-corrected chi connectivity index (χ2v) is 26.8. The summed E-state index contributed by atoms with van der Waals surface area (Å²) in [6.07, 6.45) is 0. The molecular weight excluding hydrogens is 1530 g/mol. The first-order chi connectivity index (χ1) is 58.5. The topological polar surface area (TPSA) is 258 Å². The van der Waals surface area contributed by atoms with Crippen molar-refractivity contribution in [1.29, 1.82) is 0 Å². The average Bonchev–Trinajstić information content (AvgIpc) is 0.787. The van der Waals surface area contributed by atoms with Crippen LogP contribution in [0, 0.1) is 0 Å². The summed E-state index contributed by atoms with van der Waals surface area (Å²) in [5.41, 5.74) is 6.79. The maximum absolute atomic E-state index is 7.10. The first-order valence-corrected chi connectivity index (χ1v) is 40.7. The quantitative estimate of drug-likeness (QED) is 0.0321. The Balaban J connectivity index is 1.13. The maximum atomic E-state index is 7.10. The fourth-order valence-corrected chi connectivity index (χ4v) is 13.0. The van der Waals surface area contributed by atoms with Crippen LogP contribution in [0.25, 0.3) is 43.1 Å². The number of rotatable bonds is 60. The van der Waals surface area contributed by atoms with Crippen LogP contribution in [-0.4, -0.2) is 281 Å². The van der Waals surface area contributed by atoms with Crippen LogP contribution in [0.2, 0.25) is 0 Å². The fourth-order valence-electron chi connectivity index (χ4n) is 13.0. The molecule has 8 aromatic carbocycles. The second kappa shape index (κ2) is 58.6. The van der Waals surface area contributed by atoms with Crippen molar-refractivity contribution in [3.63, 3.8) is 0 Å². The minimum atomic E-state index is 0.0846. The van der Waals surface area contributed by atoms with E-state index in [0.717, 1.165) is 87.6 Å². The normalized spacial score (nSPS) is 13.1. The fraction of sp³-hybridized carbons (Fsp3) is 0.556. The van der Waals surface area contributed by atoms with Crippen molar-refractivity contribution >= 4 is 43.1 Å². The molecule has 0 spiro atoms. The zero-order valence-electron chi connectivity index (χ0n) is 69.9. The van der Waals surface area contributed by atoms with Gasteiger partial charge in [-0.1, -0.05) is 72.8 Å². The molecule has 0 saturated carbocycles. The highest BCUT2D eigenvalue weighted by Gasteiger charge is 2.23. The van der Waals surface area contributed by atoms with Crippen molar-refractivity contribution in [1.82, 2.24) is 0 Å². The van der Waals surface area contributed by atoms with E-state index < -0.39 is 0 Å². The van der Waals surface area contributed by atoms with Crippen molar-refractivity contribution in [2.75, 3.05) is 281 Å². The van der Waals surface area contributed by atoms with Crippen LogP contribution < -0.4 is 28.4 Å². The molecule has 16 bridgehead atoms. The molecule has 1 aliphatic heterocycles. The van der Waals surface area contributed by atoms with Gasteiger partial charge in [0.25, 0.3) is 0 Å². The van der Waals surface area contributed by atoms with Crippen molar-refractivity contribution in [2.45, 2.75) is 52.9 Å². The molecule has 8 aromatic rings. The molecule has 0 radical (unpaired) electrons. The Bertz CT molecular complexity index is 3790. The third-order valence-corrected chi connectivity index (χ3v) is 18.8. The van der Waals surface area contributed by atoms with Gasteiger partial charge in [0.05, 0.1) is 251 Å². The van der Waals surface area contributed by atoms with E-state index in [1.165, 1.54) is 0 Å². The second-order valence-electron chi connectivity index (χ2n) is 26.8. The van der Waals surface area contributed by atoms with Gasteiger partial charge >= 0.3 is 0 Å². The minimum absolute atomic E-state index is 0.0846. The Morgan fingerprint density at radius 2 is 0.331 bits per heavy atom. The third-order valence-electron chi connectivity index (χ3n) is 18.8. The Morgan fingerprint density at radius 3 is 0.508 bits per heavy atom. The van der Waals surface area contributed by atoms with Gasteiger partial charge in [-0.15, -0.1) is 0 Å². The van der Waals surface area contributed by atoms with Crippen LogP contribution in [-0.2, 0) is 157 Å². The summed E-state index contributed by atoms with van der Waals surface area (Å²) in [4.78, 5) is 0. The highest BCUT2D eigenvalue weighted by Crippen LogP contribution is 2.41. The Hall–Kier alpha value is -7.28. The van der Waals surface area contributed by atoms with E-state index in [0.29, 0.717) is 233 Å². The van der Waals surface area contributed by atoms with Gasteiger partial charge in [-0.3, -0.25) is 0 Å². The smallest absolute Gasteiger partial charge is 0.125 e. The number of benzene rings is 8. The van der Waals surface area contributed by atoms with Gasteiger partial charge in [0.2, 0.25) is 0 Å². The predicted octanol–water partition coefficient (Wildman–Crippen LogP) is 11.8. The maximum Gasteiger partial charge on any atom is 0.125 e. The summed E-state index contributed by atoms with van der Waals surface area (Å²) >= 11 is 0. The summed E-state index contributed by atoms with van der Waals surface area (Å²) in [5.74, 6) is 3.69. The number of methoxy groups -OCH3 is 6. The molecule has 0 N–H and O–H groups in total. The average molecular weight is 1650 g/mol. The summed E-state index contributed by atoms with van der Waals surface area (Å²) in [6, 6.07) is 36.7. The molecular formula is C90H124O28. The molecule has 0 atom stereocenters. The van der Waals surface area contributed by atoms with Crippen molar-refractivity contribution in [2.24, 2.45) is 0 Å². The molecule has 0 saturated heterocycles. The summed E-state index contributed by atoms with van der Waals surface area (Å²) in [7, 11) is 9.86. The zero-order chi connectivity index (χ0) is 82.3. The van der Waals surface area contributed by atoms with Gasteiger partial charge in [-0.2, -0.15) is 0 Å². The molecule has 0 fully saturated rings. The van der Waals surface area contributed by atoms with Crippen molar-refractivity contribution in [3.8, 4) is 34.5 Å². The molecule has 28 heteroatoms. The van der Waals surface area contributed by atoms with Crippen LogP contribution in [0.4, 0.5) is 0 Å². The molecule has 652 valence electrons. The standard InChI is InChI=1S/C90H124O28/c1-91-25-31-97-37-43-103-49-55-113-85-19-15-75-73-13-21-87(115-57-51-105-45-39-99-33-27-93-3)81(75)65-111-67-83-77-17-24-90(118-60-54-108-48-42-102-36-30-96-6)84(78(77)18-23-89(83)117-59-53-107-47-41-101-35-29-95-5)68-112-66-82-76-16-20-86(114-56-50-104-44-38-98-32-26-92-2)80(74(76)14-22-88(82)116-58-52-106-46-40-100-34-28-94-4)64-110-62-70-10-8-11-71-69(9-7-12-72(70)71)61-109-63-79(73)85/h7-24H,25-68H2,1-6H3. The van der Waals surface area contributed by atoms with Crippen LogP contribution in [0.5, 0.6) is 34.5 Å². The van der Waals surface area contributed by atoms with Crippen LogP contribution in [0.3, 0.4) is 0 Å². The molecule has 28 nitrogen and oxygen atoms in total. The number of hydrogen-bond donors (Lipinski definition) is 0. The Labute approximate surface area is 694 Å². The first-order valence-electron chi connectivity index (χ1n) is 40.7. The monoisotopic (exact) mass is 1650 g/mol. The molecule has 0 unspecified atom stereocenters. The molecule has 1 heterocycles. The van der Waals surface area contributed by atoms with Gasteiger partial charge in [-0.05, 0) is 90.6 Å². The first kappa shape index (κ1) is 94.6. The lowest BCUT2D eigenvalue weighted by molar-refractivity contribution is 0.0174. The van der Waals surface area contributed by atoms with Gasteiger partial charge in [0.15, 0.2) is 0 Å². The van der Waals surface area contributed by atoms with Gasteiger partial charge in [-0.25, -0.2) is 0 Å². The van der Waals surface area contributed by atoms with Crippen LogP contribution >= 0.6 is 0 Å². The molecule has 118 heavy (non-hydrogen) atoms. The SMILES string of the molecule is COCCOCCOCCOc1ccc2c3c(OCCOCCOCCOC)ccc2c1COCc1cccc2c(cccc12)COCc1c(OCCOCCOCCOC)ccc2c(c(OCCOCCOCCOC)ccc12)COCc1c(OCCOCCOCCOC)ccc2c(c(OCCOCCOCCOC)ccc12)COC3. The minimum Gasteiger partial charge on any atom is -0.491 e. The Morgan fingerprint density at radius 1 is 0.169 bits per heavy atom. The molecule has 1 aliphatic rings. The zero-order valence-corrected chi connectivity index (χ0v) is 69.9. The molecule has 0 amide bonds. The van der Waals surface area contributed by atoms with Crippen LogP contribution in [0.1, 0.15) is 44.5 Å². The lowest BCUT2D eigenvalue weighted by Gasteiger charge is -2.21. The van der Waals surface area contributed by atoms with Crippen molar-refractivity contribution in [3.05, 3.63) is 154 Å². The summed E-state index contributed by atoms with van der Waals surface area (Å²) in [5, 5.41) is 7.25. The molecule has 9 rings (SSSR count). The van der Waals surface area contributed by atoms with Gasteiger partial charge < -0.3 is 133 Å². The van der Waals surface area contributed by atoms with Gasteiger partial charge in [0, 0.05) is 76.0 Å². The van der Waals surface area contributed by atoms with Crippen molar-refractivity contribution < 1.29 is 133 Å². The van der Waals surface area contributed by atoms with E-state index >= 15 is 0 Å². The Kier molecular flexibility index (Phi) is 47.0. The molecule has 0 aromatic heterocycles. The van der Waals surface area contributed by atoms with E-state index in [9.17, 15) is 0 Å². The lowest BCUT2D eigenvalue weighted by Crippen LogP contribution is -2.14. The number of hydrogen-bond acceptors (Lipinski definition) is 28. The van der Waals surface area contributed by atoms with E-state index in [1.807, 2.05) is 48.5 Å². The number of ether oxygens (including phenoxy) is 28. The highest BCUT2D eigenvalue weighted by molar-refractivity contribution is 5.95. The summed E-state index contributed by atoms with van der Waals surface area (Å²) in [6.45, 7) is 15.2. The van der Waals surface area contributed by atoms with Crippen LogP contribution in [0.15, 0.2) is 109 Å². The largest absolute Gasteiger partial charge is 0.491 e. The lowest BCUT2D eigenvalue weighted by atomic mass is 9.98. The molecule has 0 aliphatic carbocycles. The van der Waals surface area contributed by atoms with E-state index in [2.05, 4.69) is 60.7 Å². The van der Waals surface area contributed by atoms with Gasteiger partial charge in [0.1, 0.15) is 74.1 Å².